The number of hydrogen-bond donors (Lipinski definition) is 0. The number of imidazole rings is 1. The molecule has 1 aromatic carbocycles. The van der Waals surface area contributed by atoms with Gasteiger partial charge in [0.25, 0.3) is 0 Å². The second-order valence-corrected chi connectivity index (χ2v) is 4.75. The first kappa shape index (κ1) is 12.6. The van der Waals surface area contributed by atoms with Crippen LogP contribution in [-0.4, -0.2) is 9.55 Å². The minimum atomic E-state index is -4.32. The maximum absolute atomic E-state index is 12.4. The van der Waals surface area contributed by atoms with Gasteiger partial charge in [0.05, 0.1) is 11.8 Å². The second kappa shape index (κ2) is 4.45. The van der Waals surface area contributed by atoms with Crippen LogP contribution in [0.1, 0.15) is 5.56 Å². The smallest absolute Gasteiger partial charge is 0.281 e. The lowest BCUT2D eigenvalue weighted by Crippen LogP contribution is -2.05. The highest BCUT2D eigenvalue weighted by atomic mass is 79.9. The lowest BCUT2D eigenvalue weighted by molar-refractivity contribution is -0.137. The maximum Gasteiger partial charge on any atom is 0.416 e. The molecule has 17 heavy (non-hydrogen) atoms. The molecule has 0 amide bonds. The molecule has 7 heteroatoms. The van der Waals surface area contributed by atoms with Crippen LogP contribution >= 0.6 is 31.9 Å². The van der Waals surface area contributed by atoms with Crippen LogP contribution in [0.2, 0.25) is 0 Å². The third-order valence-electron chi connectivity index (χ3n) is 2.13. The van der Waals surface area contributed by atoms with E-state index in [1.165, 1.54) is 12.1 Å². The van der Waals surface area contributed by atoms with Gasteiger partial charge in [-0.05, 0) is 56.1 Å². The summed E-state index contributed by atoms with van der Waals surface area (Å²) in [6.45, 7) is 0. The van der Waals surface area contributed by atoms with Crippen molar-refractivity contribution in [3.05, 3.63) is 45.4 Å². The van der Waals surface area contributed by atoms with E-state index in [0.717, 1.165) is 12.1 Å². The third kappa shape index (κ3) is 2.55. The topological polar surface area (TPSA) is 17.8 Å². The summed E-state index contributed by atoms with van der Waals surface area (Å²) in [4.78, 5) is 3.97. The van der Waals surface area contributed by atoms with Crippen molar-refractivity contribution >= 4 is 31.9 Å². The lowest BCUT2D eigenvalue weighted by Gasteiger charge is -2.09. The van der Waals surface area contributed by atoms with E-state index in [1.54, 1.807) is 10.8 Å². The third-order valence-corrected chi connectivity index (χ3v) is 3.25. The molecule has 1 aromatic heterocycles. The Kier molecular flexibility index (Phi) is 3.31. The van der Waals surface area contributed by atoms with Crippen molar-refractivity contribution in [1.29, 1.82) is 0 Å². The zero-order valence-corrected chi connectivity index (χ0v) is 11.3. The average Bonchev–Trinajstić information content (AvgIpc) is 2.58. The van der Waals surface area contributed by atoms with Gasteiger partial charge in [0.15, 0.2) is 4.73 Å². The fourth-order valence-electron chi connectivity index (χ4n) is 1.34. The fraction of sp³-hybridized carbons (Fsp3) is 0.100. The number of aromatic nitrogens is 2. The Morgan fingerprint density at radius 3 is 2.06 bits per heavy atom. The molecule has 90 valence electrons. The Hall–Kier alpha value is -0.820. The molecular formula is C10H5Br2F3N2. The van der Waals surface area contributed by atoms with Crippen LogP contribution in [0, 0.1) is 0 Å². The van der Waals surface area contributed by atoms with Crippen molar-refractivity contribution < 1.29 is 13.2 Å². The summed E-state index contributed by atoms with van der Waals surface area (Å²) in [7, 11) is 0. The maximum atomic E-state index is 12.4. The molecule has 0 aliphatic carbocycles. The highest BCUT2D eigenvalue weighted by Gasteiger charge is 2.30. The molecule has 0 radical (unpaired) electrons. The summed E-state index contributed by atoms with van der Waals surface area (Å²) >= 11 is 6.47. The Labute approximate surface area is 112 Å². The summed E-state index contributed by atoms with van der Waals surface area (Å²) in [6, 6.07) is 4.85. The molecule has 0 saturated heterocycles. The number of alkyl halides is 3. The number of rotatable bonds is 1. The van der Waals surface area contributed by atoms with E-state index >= 15 is 0 Å². The molecule has 2 rings (SSSR count). The molecular weight excluding hydrogens is 365 g/mol. The Balaban J connectivity index is 2.43. The fourth-order valence-corrected chi connectivity index (χ4v) is 2.55. The van der Waals surface area contributed by atoms with Crippen molar-refractivity contribution in [2.24, 2.45) is 0 Å². The summed E-state index contributed by atoms with van der Waals surface area (Å²) in [5.41, 5.74) is -0.0807. The van der Waals surface area contributed by atoms with E-state index in [-0.39, 0.29) is 0 Å². The van der Waals surface area contributed by atoms with Gasteiger partial charge in [-0.3, -0.25) is 4.57 Å². The lowest BCUT2D eigenvalue weighted by atomic mass is 10.2. The Morgan fingerprint density at radius 1 is 1.06 bits per heavy atom. The van der Waals surface area contributed by atoms with Crippen LogP contribution in [0.3, 0.4) is 0 Å². The monoisotopic (exact) mass is 368 g/mol. The van der Waals surface area contributed by atoms with Crippen LogP contribution in [0.15, 0.2) is 39.8 Å². The van der Waals surface area contributed by atoms with Gasteiger partial charge in [-0.25, -0.2) is 4.98 Å². The van der Waals surface area contributed by atoms with Crippen molar-refractivity contribution in [3.8, 4) is 5.69 Å². The predicted molar refractivity (Wildman–Crippen MR) is 64.0 cm³/mol. The molecule has 0 aliphatic heterocycles. The largest absolute Gasteiger partial charge is 0.416 e. The van der Waals surface area contributed by atoms with E-state index in [4.69, 9.17) is 0 Å². The van der Waals surface area contributed by atoms with E-state index < -0.39 is 11.7 Å². The van der Waals surface area contributed by atoms with Gasteiger partial charge in [0.1, 0.15) is 4.60 Å². The number of benzene rings is 1. The van der Waals surface area contributed by atoms with Crippen LogP contribution in [0.25, 0.3) is 5.69 Å². The standard InChI is InChI=1S/C10H5Br2F3N2/c11-8-5-16-9(12)17(8)7-3-1-6(2-4-7)10(13,14)15/h1-5H. The van der Waals surface area contributed by atoms with Crippen molar-refractivity contribution in [3.63, 3.8) is 0 Å². The number of halogens is 5. The molecule has 0 unspecified atom stereocenters. The minimum absolute atomic E-state index is 0.518. The minimum Gasteiger partial charge on any atom is -0.281 e. The summed E-state index contributed by atoms with van der Waals surface area (Å²) in [5.74, 6) is 0. The van der Waals surface area contributed by atoms with Gasteiger partial charge in [-0.2, -0.15) is 13.2 Å². The number of nitrogens with zero attached hydrogens (tertiary/aromatic N) is 2. The predicted octanol–water partition coefficient (Wildman–Crippen LogP) is 4.42. The zero-order valence-electron chi connectivity index (χ0n) is 8.17. The quantitative estimate of drug-likeness (QED) is 0.727. The first-order valence-electron chi connectivity index (χ1n) is 4.46. The Bertz CT molecular complexity index is 512. The molecule has 2 nitrogen and oxygen atoms in total. The number of hydrogen-bond acceptors (Lipinski definition) is 1. The van der Waals surface area contributed by atoms with Gasteiger partial charge < -0.3 is 0 Å². The molecule has 2 aromatic rings. The van der Waals surface area contributed by atoms with E-state index in [2.05, 4.69) is 36.8 Å². The van der Waals surface area contributed by atoms with Crippen molar-refractivity contribution in [1.82, 2.24) is 9.55 Å². The van der Waals surface area contributed by atoms with Gasteiger partial charge in [-0.15, -0.1) is 0 Å². The van der Waals surface area contributed by atoms with E-state index in [9.17, 15) is 13.2 Å². The molecule has 0 bridgehead atoms. The SMILES string of the molecule is FC(F)(F)c1ccc(-n2c(Br)cnc2Br)cc1. The first-order valence-corrected chi connectivity index (χ1v) is 6.04. The first-order chi connectivity index (χ1) is 7.89. The Morgan fingerprint density at radius 2 is 1.65 bits per heavy atom. The molecule has 0 aliphatic rings. The molecule has 0 spiro atoms. The highest BCUT2D eigenvalue weighted by molar-refractivity contribution is 9.11. The van der Waals surface area contributed by atoms with Gasteiger partial charge in [-0.1, -0.05) is 0 Å². The van der Waals surface area contributed by atoms with Crippen LogP contribution in [-0.2, 0) is 6.18 Å². The molecule has 0 fully saturated rings. The average molecular weight is 370 g/mol. The zero-order chi connectivity index (χ0) is 12.6. The van der Waals surface area contributed by atoms with E-state index in [1.807, 2.05) is 0 Å². The normalized spacial score (nSPS) is 11.8. The summed E-state index contributed by atoms with van der Waals surface area (Å²) in [5, 5.41) is 0. The molecule has 1 heterocycles. The van der Waals surface area contributed by atoms with Crippen LogP contribution < -0.4 is 0 Å². The van der Waals surface area contributed by atoms with Crippen molar-refractivity contribution in [2.75, 3.05) is 0 Å². The summed E-state index contributed by atoms with van der Waals surface area (Å²) in [6.07, 6.45) is -2.76. The van der Waals surface area contributed by atoms with Crippen LogP contribution in [0.5, 0.6) is 0 Å². The molecule has 0 atom stereocenters. The summed E-state index contributed by atoms with van der Waals surface area (Å²) < 4.78 is 40.0. The van der Waals surface area contributed by atoms with Crippen LogP contribution in [0.4, 0.5) is 13.2 Å². The molecule has 0 N–H and O–H groups in total. The van der Waals surface area contributed by atoms with Crippen molar-refractivity contribution in [2.45, 2.75) is 6.18 Å². The van der Waals surface area contributed by atoms with E-state index in [0.29, 0.717) is 15.0 Å². The van der Waals surface area contributed by atoms with Gasteiger partial charge in [0.2, 0.25) is 0 Å². The second-order valence-electron chi connectivity index (χ2n) is 3.23. The van der Waals surface area contributed by atoms with Gasteiger partial charge in [0, 0.05) is 5.69 Å². The highest BCUT2D eigenvalue weighted by Crippen LogP contribution is 2.30. The van der Waals surface area contributed by atoms with Gasteiger partial charge >= 0.3 is 6.18 Å². The molecule has 0 saturated carbocycles.